The van der Waals surface area contributed by atoms with Gasteiger partial charge in [-0.1, -0.05) is 20.8 Å². The van der Waals surface area contributed by atoms with Crippen LogP contribution < -0.4 is 0 Å². The Morgan fingerprint density at radius 3 is 2.44 bits per heavy atom. The number of fused-ring (bicyclic) bond motifs is 5. The summed E-state index contributed by atoms with van der Waals surface area (Å²) in [7, 11) is 0. The van der Waals surface area contributed by atoms with Crippen molar-refractivity contribution >= 4 is 0 Å². The minimum Gasteiger partial charge on any atom is -0.393 e. The largest absolute Gasteiger partial charge is 0.393 e. The maximum absolute atomic E-state index is 11.3. The Morgan fingerprint density at radius 1 is 0.960 bits per heavy atom. The number of hydrogen-bond donors (Lipinski definition) is 2. The van der Waals surface area contributed by atoms with Crippen molar-refractivity contribution in [3.63, 3.8) is 0 Å². The van der Waals surface area contributed by atoms with Crippen LogP contribution in [0, 0.1) is 40.4 Å². The molecule has 4 fully saturated rings. The van der Waals surface area contributed by atoms with Gasteiger partial charge in [0.2, 0.25) is 0 Å². The average Bonchev–Trinajstić information content (AvgIpc) is 2.83. The molecule has 4 aliphatic rings. The van der Waals surface area contributed by atoms with Crippen molar-refractivity contribution in [1.82, 2.24) is 0 Å². The van der Waals surface area contributed by atoms with E-state index in [2.05, 4.69) is 20.8 Å². The van der Waals surface area contributed by atoms with Crippen molar-refractivity contribution in [2.24, 2.45) is 40.4 Å². The Labute approximate surface area is 153 Å². The fourth-order valence-electron chi connectivity index (χ4n) is 8.01. The summed E-state index contributed by atoms with van der Waals surface area (Å²) in [6.07, 6.45) is 7.35. The van der Waals surface area contributed by atoms with E-state index < -0.39 is 0 Å². The van der Waals surface area contributed by atoms with Crippen molar-refractivity contribution in [2.45, 2.75) is 91.0 Å². The van der Waals surface area contributed by atoms with E-state index in [1.54, 1.807) is 0 Å². The molecule has 0 heterocycles. The van der Waals surface area contributed by atoms with Crippen LogP contribution in [0.15, 0.2) is 0 Å². The maximum Gasteiger partial charge on any atom is 0.0839 e. The van der Waals surface area contributed by atoms with Crippen LogP contribution in [0.2, 0.25) is 0 Å². The zero-order valence-electron chi connectivity index (χ0n) is 16.6. The van der Waals surface area contributed by atoms with Crippen LogP contribution >= 0.6 is 0 Å². The molecule has 0 bridgehead atoms. The molecule has 4 saturated carbocycles. The average molecular weight is 351 g/mol. The van der Waals surface area contributed by atoms with Crippen LogP contribution in [0.3, 0.4) is 0 Å². The van der Waals surface area contributed by atoms with E-state index in [-0.39, 0.29) is 23.7 Å². The van der Waals surface area contributed by atoms with Crippen LogP contribution in [-0.2, 0) is 4.74 Å². The van der Waals surface area contributed by atoms with Gasteiger partial charge in [-0.3, -0.25) is 0 Å². The van der Waals surface area contributed by atoms with Crippen LogP contribution in [0.5, 0.6) is 0 Å². The molecule has 3 heteroatoms. The Balaban J connectivity index is 1.65. The second-order valence-electron chi connectivity index (χ2n) is 10.3. The first-order chi connectivity index (χ1) is 11.8. The molecule has 4 aliphatic carbocycles. The SMILES string of the molecule is CCO[C@H]1C[C@@]2(C)[C@@H](CC[C@@H]3[C@@H]2[C@@H](O)C[C@]2(C)[C@H](C)CC[C@@H]32)C[C@@H]1O. The molecular formula is C22H38O3. The Kier molecular flexibility index (Phi) is 4.53. The lowest BCUT2D eigenvalue weighted by molar-refractivity contribution is -0.202. The van der Waals surface area contributed by atoms with Gasteiger partial charge < -0.3 is 14.9 Å². The van der Waals surface area contributed by atoms with Gasteiger partial charge in [0.05, 0.1) is 18.3 Å². The number of rotatable bonds is 2. The number of aliphatic hydroxyl groups is 2. The molecule has 0 unspecified atom stereocenters. The molecule has 0 saturated heterocycles. The second kappa shape index (κ2) is 6.21. The minimum atomic E-state index is -0.327. The van der Waals surface area contributed by atoms with Gasteiger partial charge in [-0.05, 0) is 92.3 Å². The number of hydrogen-bond acceptors (Lipinski definition) is 3. The molecule has 2 N–H and O–H groups in total. The normalized spacial score (nSPS) is 58.3. The Bertz CT molecular complexity index is 508. The lowest BCUT2D eigenvalue weighted by Crippen LogP contribution is -2.61. The van der Waals surface area contributed by atoms with Crippen LogP contribution in [-0.4, -0.2) is 35.1 Å². The summed E-state index contributed by atoms with van der Waals surface area (Å²) in [5.74, 6) is 3.12. The predicted molar refractivity (Wildman–Crippen MR) is 99.1 cm³/mol. The van der Waals surface area contributed by atoms with E-state index in [1.807, 2.05) is 6.92 Å². The third-order valence-corrected chi connectivity index (χ3v) is 9.44. The van der Waals surface area contributed by atoms with Crippen molar-refractivity contribution < 1.29 is 14.9 Å². The van der Waals surface area contributed by atoms with E-state index in [0.717, 1.165) is 31.1 Å². The summed E-state index contributed by atoms with van der Waals surface area (Å²) in [4.78, 5) is 0. The molecule has 144 valence electrons. The highest BCUT2D eigenvalue weighted by atomic mass is 16.5. The van der Waals surface area contributed by atoms with Crippen LogP contribution in [0.4, 0.5) is 0 Å². The third kappa shape index (κ3) is 2.56. The zero-order valence-corrected chi connectivity index (χ0v) is 16.6. The molecule has 0 spiro atoms. The molecule has 0 aliphatic heterocycles. The van der Waals surface area contributed by atoms with Gasteiger partial charge in [0.1, 0.15) is 0 Å². The lowest BCUT2D eigenvalue weighted by Gasteiger charge is -2.63. The number of aliphatic hydroxyl groups excluding tert-OH is 2. The number of ether oxygens (including phenoxy) is 1. The molecule has 0 amide bonds. The topological polar surface area (TPSA) is 49.7 Å². The predicted octanol–water partition coefficient (Wildman–Crippen LogP) is 4.01. The van der Waals surface area contributed by atoms with Crippen molar-refractivity contribution in [3.8, 4) is 0 Å². The maximum atomic E-state index is 11.3. The standard InChI is InChI=1S/C22H38O3/c1-5-25-19-12-22(4)14(10-17(19)23)7-8-15-16-9-6-13(2)21(16,3)11-18(24)20(15)22/h13-20,23-24H,5-12H2,1-4H3/t13-,14+,15+,16+,17+,18+,19+,20-,21-,22+/m1/s1. The van der Waals surface area contributed by atoms with Gasteiger partial charge in [-0.25, -0.2) is 0 Å². The molecule has 10 atom stereocenters. The molecule has 0 aromatic heterocycles. The first-order valence-corrected chi connectivity index (χ1v) is 10.8. The highest BCUT2D eigenvalue weighted by Crippen LogP contribution is 2.67. The molecule has 0 aromatic rings. The fourth-order valence-corrected chi connectivity index (χ4v) is 8.01. The van der Waals surface area contributed by atoms with Gasteiger partial charge in [0.25, 0.3) is 0 Å². The summed E-state index contributed by atoms with van der Waals surface area (Å²) in [6, 6.07) is 0. The highest BCUT2D eigenvalue weighted by molar-refractivity contribution is 5.12. The molecule has 0 aromatic carbocycles. The summed E-state index contributed by atoms with van der Waals surface area (Å²) in [5.41, 5.74) is 0.450. The van der Waals surface area contributed by atoms with Crippen molar-refractivity contribution in [3.05, 3.63) is 0 Å². The van der Waals surface area contributed by atoms with Crippen LogP contribution in [0.25, 0.3) is 0 Å². The molecular weight excluding hydrogens is 312 g/mol. The van der Waals surface area contributed by atoms with E-state index in [0.29, 0.717) is 29.8 Å². The Hall–Kier alpha value is -0.120. The summed E-state index contributed by atoms with van der Waals surface area (Å²) in [6.45, 7) is 9.96. The quantitative estimate of drug-likeness (QED) is 0.791. The summed E-state index contributed by atoms with van der Waals surface area (Å²) < 4.78 is 5.92. The summed E-state index contributed by atoms with van der Waals surface area (Å²) >= 11 is 0. The van der Waals surface area contributed by atoms with Crippen LogP contribution in [0.1, 0.15) is 72.6 Å². The minimum absolute atomic E-state index is 0.0481. The molecule has 4 rings (SSSR count). The lowest BCUT2D eigenvalue weighted by atomic mass is 9.43. The monoisotopic (exact) mass is 350 g/mol. The van der Waals surface area contributed by atoms with E-state index >= 15 is 0 Å². The van der Waals surface area contributed by atoms with Crippen molar-refractivity contribution in [1.29, 1.82) is 0 Å². The van der Waals surface area contributed by atoms with Crippen molar-refractivity contribution in [2.75, 3.05) is 6.61 Å². The zero-order chi connectivity index (χ0) is 18.0. The van der Waals surface area contributed by atoms with Gasteiger partial charge >= 0.3 is 0 Å². The summed E-state index contributed by atoms with van der Waals surface area (Å²) in [5, 5.41) is 21.9. The smallest absolute Gasteiger partial charge is 0.0839 e. The van der Waals surface area contributed by atoms with E-state index in [4.69, 9.17) is 4.74 Å². The van der Waals surface area contributed by atoms with Gasteiger partial charge in [-0.2, -0.15) is 0 Å². The Morgan fingerprint density at radius 2 is 1.72 bits per heavy atom. The molecule has 25 heavy (non-hydrogen) atoms. The van der Waals surface area contributed by atoms with Gasteiger partial charge in [0.15, 0.2) is 0 Å². The van der Waals surface area contributed by atoms with Gasteiger partial charge in [0, 0.05) is 6.61 Å². The highest BCUT2D eigenvalue weighted by Gasteiger charge is 2.63. The fraction of sp³-hybridized carbons (Fsp3) is 1.00. The molecule has 3 nitrogen and oxygen atoms in total. The van der Waals surface area contributed by atoms with E-state index in [9.17, 15) is 10.2 Å². The second-order valence-corrected chi connectivity index (χ2v) is 10.3. The van der Waals surface area contributed by atoms with E-state index in [1.165, 1.54) is 25.7 Å². The first-order valence-electron chi connectivity index (χ1n) is 10.8. The van der Waals surface area contributed by atoms with Gasteiger partial charge in [-0.15, -0.1) is 0 Å². The molecule has 0 radical (unpaired) electrons. The first kappa shape index (κ1) is 18.3. The third-order valence-electron chi connectivity index (χ3n) is 9.44.